The first-order valence-corrected chi connectivity index (χ1v) is 5.18. The van der Waals surface area contributed by atoms with Crippen molar-refractivity contribution in [2.75, 3.05) is 20.3 Å². The van der Waals surface area contributed by atoms with Gasteiger partial charge < -0.3 is 15.2 Å². The van der Waals surface area contributed by atoms with Crippen molar-refractivity contribution in [2.24, 2.45) is 5.92 Å². The van der Waals surface area contributed by atoms with Gasteiger partial charge in [0.1, 0.15) is 6.10 Å². The lowest BCUT2D eigenvalue weighted by Crippen LogP contribution is -2.35. The topological polar surface area (TPSA) is 58.6 Å². The van der Waals surface area contributed by atoms with Crippen molar-refractivity contribution in [1.82, 2.24) is 5.32 Å². The molecule has 82 valence electrons. The summed E-state index contributed by atoms with van der Waals surface area (Å²) in [7, 11) is 1.63. The van der Waals surface area contributed by atoms with E-state index in [1.165, 1.54) is 0 Å². The van der Waals surface area contributed by atoms with Crippen LogP contribution < -0.4 is 5.32 Å². The van der Waals surface area contributed by atoms with Gasteiger partial charge in [-0.05, 0) is 18.8 Å². The predicted molar refractivity (Wildman–Crippen MR) is 52.9 cm³/mol. The van der Waals surface area contributed by atoms with Gasteiger partial charge in [-0.3, -0.25) is 4.79 Å². The lowest BCUT2D eigenvalue weighted by atomic mass is 10.1. The maximum atomic E-state index is 11.3. The van der Waals surface area contributed by atoms with Crippen LogP contribution in [0.4, 0.5) is 0 Å². The molecule has 0 aromatic heterocycles. The van der Waals surface area contributed by atoms with Crippen LogP contribution in [0.3, 0.4) is 0 Å². The molecule has 0 aromatic carbocycles. The van der Waals surface area contributed by atoms with Crippen molar-refractivity contribution < 1.29 is 14.6 Å². The van der Waals surface area contributed by atoms with Gasteiger partial charge in [-0.2, -0.15) is 0 Å². The number of aliphatic hydroxyl groups excluding tert-OH is 1. The molecule has 1 aliphatic rings. The quantitative estimate of drug-likeness (QED) is 0.582. The summed E-state index contributed by atoms with van der Waals surface area (Å²) < 4.78 is 4.84. The van der Waals surface area contributed by atoms with Crippen molar-refractivity contribution in [3.8, 4) is 0 Å². The Kier molecular flexibility index (Phi) is 4.90. The Bertz CT molecular complexity index is 180. The third-order valence-corrected chi connectivity index (χ3v) is 2.38. The lowest BCUT2D eigenvalue weighted by Gasteiger charge is -2.10. The van der Waals surface area contributed by atoms with Crippen molar-refractivity contribution in [2.45, 2.75) is 31.8 Å². The minimum absolute atomic E-state index is 0.243. The van der Waals surface area contributed by atoms with Gasteiger partial charge in [0.2, 0.25) is 5.91 Å². The van der Waals surface area contributed by atoms with Crippen LogP contribution in [-0.4, -0.2) is 37.4 Å². The summed E-state index contributed by atoms with van der Waals surface area (Å²) in [5, 5.41) is 12.1. The maximum Gasteiger partial charge on any atom is 0.248 e. The zero-order chi connectivity index (χ0) is 10.4. The van der Waals surface area contributed by atoms with Gasteiger partial charge in [-0.1, -0.05) is 12.8 Å². The molecule has 0 heterocycles. The molecule has 0 aliphatic heterocycles. The molecule has 0 bridgehead atoms. The molecule has 4 nitrogen and oxygen atoms in total. The molecule has 0 radical (unpaired) electrons. The van der Waals surface area contributed by atoms with Crippen LogP contribution in [0.25, 0.3) is 0 Å². The summed E-state index contributed by atoms with van der Waals surface area (Å²) in [5.74, 6) is 0.336. The highest BCUT2D eigenvalue weighted by molar-refractivity contribution is 5.80. The van der Waals surface area contributed by atoms with Crippen LogP contribution in [0.15, 0.2) is 0 Å². The number of hydrogen-bond acceptors (Lipinski definition) is 3. The molecule has 14 heavy (non-hydrogen) atoms. The first-order valence-electron chi connectivity index (χ1n) is 5.18. The average molecular weight is 201 g/mol. The molecule has 0 aromatic rings. The summed E-state index contributed by atoms with van der Waals surface area (Å²) in [4.78, 5) is 11.3. The van der Waals surface area contributed by atoms with Gasteiger partial charge >= 0.3 is 0 Å². The monoisotopic (exact) mass is 201 g/mol. The number of nitrogens with one attached hydrogen (secondary N) is 1. The van der Waals surface area contributed by atoms with Gasteiger partial charge in [0.25, 0.3) is 0 Å². The standard InChI is InChI=1S/C10H19NO3/c1-14-6-2-5-11-10(13)9(12)7-8-3-4-8/h8-9,12H,2-7H2,1H3,(H,11,13). The van der Waals surface area contributed by atoms with E-state index in [1.807, 2.05) is 0 Å². The molecule has 1 saturated carbocycles. The zero-order valence-electron chi connectivity index (χ0n) is 8.66. The van der Waals surface area contributed by atoms with Crippen LogP contribution >= 0.6 is 0 Å². The highest BCUT2D eigenvalue weighted by Gasteiger charge is 2.27. The molecule has 0 saturated heterocycles. The number of ether oxygens (including phenoxy) is 1. The second kappa shape index (κ2) is 5.98. The van der Waals surface area contributed by atoms with Crippen molar-refractivity contribution in [3.63, 3.8) is 0 Å². The fourth-order valence-corrected chi connectivity index (χ4v) is 1.32. The van der Waals surface area contributed by atoms with Crippen molar-refractivity contribution in [3.05, 3.63) is 0 Å². The van der Waals surface area contributed by atoms with Crippen LogP contribution in [0.1, 0.15) is 25.7 Å². The minimum Gasteiger partial charge on any atom is -0.385 e. The van der Waals surface area contributed by atoms with Gasteiger partial charge in [0, 0.05) is 20.3 Å². The highest BCUT2D eigenvalue weighted by atomic mass is 16.5. The molecule has 1 rings (SSSR count). The number of methoxy groups -OCH3 is 1. The molecule has 1 unspecified atom stereocenters. The smallest absolute Gasteiger partial charge is 0.248 e. The molecule has 1 atom stereocenters. The van der Waals surface area contributed by atoms with E-state index in [-0.39, 0.29) is 5.91 Å². The Labute approximate surface area is 84.6 Å². The zero-order valence-corrected chi connectivity index (χ0v) is 8.66. The Morgan fingerprint density at radius 1 is 1.64 bits per heavy atom. The minimum atomic E-state index is -0.815. The summed E-state index contributed by atoms with van der Waals surface area (Å²) >= 11 is 0. The molecule has 0 spiro atoms. The van der Waals surface area contributed by atoms with E-state index in [2.05, 4.69) is 5.32 Å². The summed E-state index contributed by atoms with van der Waals surface area (Å²) in [5.41, 5.74) is 0. The van der Waals surface area contributed by atoms with Crippen LogP contribution in [-0.2, 0) is 9.53 Å². The summed E-state index contributed by atoms with van der Waals surface area (Å²) in [6, 6.07) is 0. The van der Waals surface area contributed by atoms with E-state index in [1.54, 1.807) is 7.11 Å². The molecule has 1 amide bonds. The fraction of sp³-hybridized carbons (Fsp3) is 0.900. The average Bonchev–Trinajstić information content (AvgIpc) is 2.96. The number of carbonyl (C=O) groups is 1. The van der Waals surface area contributed by atoms with E-state index < -0.39 is 6.10 Å². The second-order valence-corrected chi connectivity index (χ2v) is 3.83. The number of aliphatic hydroxyl groups is 1. The molecular weight excluding hydrogens is 182 g/mol. The molecular formula is C10H19NO3. The first-order chi connectivity index (χ1) is 6.74. The van der Waals surface area contributed by atoms with E-state index >= 15 is 0 Å². The fourth-order valence-electron chi connectivity index (χ4n) is 1.32. The molecule has 1 fully saturated rings. The Morgan fingerprint density at radius 3 is 2.93 bits per heavy atom. The molecule has 1 aliphatic carbocycles. The highest BCUT2D eigenvalue weighted by Crippen LogP contribution is 2.33. The van der Waals surface area contributed by atoms with E-state index in [0.29, 0.717) is 25.5 Å². The van der Waals surface area contributed by atoms with Gasteiger partial charge in [0.05, 0.1) is 0 Å². The Hall–Kier alpha value is -0.610. The Morgan fingerprint density at radius 2 is 2.36 bits per heavy atom. The number of rotatable bonds is 7. The van der Waals surface area contributed by atoms with E-state index in [9.17, 15) is 9.90 Å². The Balaban J connectivity index is 2.00. The first kappa shape index (κ1) is 11.5. The summed E-state index contributed by atoms with van der Waals surface area (Å²) in [6.45, 7) is 1.22. The molecule has 4 heteroatoms. The third-order valence-electron chi connectivity index (χ3n) is 2.38. The van der Waals surface area contributed by atoms with Crippen molar-refractivity contribution in [1.29, 1.82) is 0 Å². The largest absolute Gasteiger partial charge is 0.385 e. The third kappa shape index (κ3) is 4.58. The normalized spacial score (nSPS) is 17.9. The predicted octanol–water partition coefficient (Wildman–Crippen LogP) is 0.300. The SMILES string of the molecule is COCCCNC(=O)C(O)CC1CC1. The lowest BCUT2D eigenvalue weighted by molar-refractivity contribution is -0.129. The molecule has 2 N–H and O–H groups in total. The van der Waals surface area contributed by atoms with E-state index in [0.717, 1.165) is 19.3 Å². The number of carbonyl (C=O) groups excluding carboxylic acids is 1. The van der Waals surface area contributed by atoms with Crippen LogP contribution in [0.5, 0.6) is 0 Å². The number of amides is 1. The van der Waals surface area contributed by atoms with Gasteiger partial charge in [-0.25, -0.2) is 0 Å². The van der Waals surface area contributed by atoms with Crippen molar-refractivity contribution >= 4 is 5.91 Å². The van der Waals surface area contributed by atoms with Crippen LogP contribution in [0, 0.1) is 5.92 Å². The van der Waals surface area contributed by atoms with Gasteiger partial charge in [0.15, 0.2) is 0 Å². The number of hydrogen-bond donors (Lipinski definition) is 2. The maximum absolute atomic E-state index is 11.3. The van der Waals surface area contributed by atoms with E-state index in [4.69, 9.17) is 4.74 Å². The second-order valence-electron chi connectivity index (χ2n) is 3.83. The van der Waals surface area contributed by atoms with Crippen LogP contribution in [0.2, 0.25) is 0 Å². The van der Waals surface area contributed by atoms with Gasteiger partial charge in [-0.15, -0.1) is 0 Å². The summed E-state index contributed by atoms with van der Waals surface area (Å²) in [6.07, 6.45) is 2.92.